The van der Waals surface area contributed by atoms with Crippen LogP contribution in [0.25, 0.3) is 10.9 Å². The maximum atomic E-state index is 13.1. The van der Waals surface area contributed by atoms with Crippen molar-refractivity contribution in [1.29, 1.82) is 0 Å². The fourth-order valence-electron chi connectivity index (χ4n) is 3.60. The number of nitrogens with one attached hydrogen (secondary N) is 1. The van der Waals surface area contributed by atoms with E-state index in [9.17, 15) is 22.8 Å². The zero-order valence-electron chi connectivity index (χ0n) is 16.2. The van der Waals surface area contributed by atoms with E-state index in [0.717, 1.165) is 11.0 Å². The molecule has 1 atom stereocenters. The van der Waals surface area contributed by atoms with Crippen molar-refractivity contribution >= 4 is 63.3 Å². The molecule has 1 fully saturated rings. The number of halogens is 6. The Bertz CT molecular complexity index is 1260. The van der Waals surface area contributed by atoms with Crippen molar-refractivity contribution in [1.82, 2.24) is 10.3 Å². The minimum atomic E-state index is -4.66. The minimum Gasteiger partial charge on any atom is -0.323 e. The Hall–Kier alpha value is -2.55. The first-order valence-corrected chi connectivity index (χ1v) is 10.3. The molecule has 1 aromatic heterocycles. The number of alkyl halides is 3. The Kier molecular flexibility index (Phi) is 5.51. The summed E-state index contributed by atoms with van der Waals surface area (Å²) < 4.78 is 39.3. The normalized spacial score (nSPS) is 19.0. The van der Waals surface area contributed by atoms with Crippen LogP contribution in [-0.2, 0) is 17.4 Å². The first-order chi connectivity index (χ1) is 14.9. The number of urea groups is 1. The van der Waals surface area contributed by atoms with Crippen LogP contribution in [-0.4, -0.2) is 22.5 Å². The van der Waals surface area contributed by atoms with Crippen LogP contribution in [0.2, 0.25) is 15.1 Å². The van der Waals surface area contributed by atoms with Crippen molar-refractivity contribution in [3.8, 4) is 0 Å². The minimum absolute atomic E-state index is 0.00779. The van der Waals surface area contributed by atoms with E-state index in [1.807, 2.05) is 0 Å². The highest BCUT2D eigenvalue weighted by atomic mass is 35.5. The topological polar surface area (TPSA) is 62.3 Å². The zero-order chi connectivity index (χ0) is 23.4. The lowest BCUT2D eigenvalue weighted by atomic mass is 9.92. The first-order valence-electron chi connectivity index (χ1n) is 9.16. The molecule has 0 spiro atoms. The summed E-state index contributed by atoms with van der Waals surface area (Å²) in [7, 11) is 0. The Balaban J connectivity index is 1.68. The molecule has 1 aliphatic rings. The van der Waals surface area contributed by atoms with Crippen molar-refractivity contribution in [2.75, 3.05) is 4.90 Å². The van der Waals surface area contributed by atoms with Crippen molar-refractivity contribution in [3.05, 3.63) is 68.8 Å². The van der Waals surface area contributed by atoms with Gasteiger partial charge in [-0.15, -0.1) is 0 Å². The molecule has 3 amide bonds. The van der Waals surface area contributed by atoms with Gasteiger partial charge in [-0.25, -0.2) is 14.7 Å². The van der Waals surface area contributed by atoms with Gasteiger partial charge in [0.1, 0.15) is 11.2 Å². The number of hydrogen-bond donors (Lipinski definition) is 1. The smallest absolute Gasteiger partial charge is 0.323 e. The van der Waals surface area contributed by atoms with Gasteiger partial charge >= 0.3 is 12.2 Å². The number of fused-ring (bicyclic) bond motifs is 1. The van der Waals surface area contributed by atoms with Crippen LogP contribution in [0.3, 0.4) is 0 Å². The van der Waals surface area contributed by atoms with Gasteiger partial charge < -0.3 is 5.32 Å². The third-order valence-corrected chi connectivity index (χ3v) is 5.79. The van der Waals surface area contributed by atoms with Crippen LogP contribution >= 0.6 is 34.8 Å². The average molecular weight is 503 g/mol. The lowest BCUT2D eigenvalue weighted by Gasteiger charge is -2.22. The molecule has 0 aliphatic carbocycles. The molecule has 1 N–H and O–H groups in total. The Morgan fingerprint density at radius 1 is 1.03 bits per heavy atom. The van der Waals surface area contributed by atoms with Gasteiger partial charge in [-0.1, -0.05) is 46.9 Å². The monoisotopic (exact) mass is 501 g/mol. The molecule has 2 aromatic carbocycles. The number of carbonyl (C=O) groups is 2. The molecule has 0 radical (unpaired) electrons. The fourth-order valence-corrected chi connectivity index (χ4v) is 4.38. The number of rotatable bonds is 3. The van der Waals surface area contributed by atoms with Crippen molar-refractivity contribution in [2.45, 2.75) is 25.1 Å². The second-order valence-electron chi connectivity index (χ2n) is 7.55. The van der Waals surface area contributed by atoms with Crippen LogP contribution in [0.5, 0.6) is 0 Å². The largest absolute Gasteiger partial charge is 0.433 e. The van der Waals surface area contributed by atoms with Crippen LogP contribution in [0.1, 0.15) is 18.2 Å². The van der Waals surface area contributed by atoms with Gasteiger partial charge in [0.15, 0.2) is 0 Å². The number of amides is 3. The number of carbonyl (C=O) groups excluding carboxylic acids is 2. The van der Waals surface area contributed by atoms with Crippen LogP contribution in [0.15, 0.2) is 42.5 Å². The summed E-state index contributed by atoms with van der Waals surface area (Å²) in [5.74, 6) is -0.559. The van der Waals surface area contributed by atoms with E-state index in [0.29, 0.717) is 10.9 Å². The molecule has 32 heavy (non-hydrogen) atoms. The Morgan fingerprint density at radius 2 is 1.69 bits per heavy atom. The molecule has 166 valence electrons. The number of aromatic nitrogens is 1. The number of hydrogen-bond acceptors (Lipinski definition) is 3. The predicted octanol–water partition coefficient (Wildman–Crippen LogP) is 6.27. The predicted molar refractivity (Wildman–Crippen MR) is 116 cm³/mol. The lowest BCUT2D eigenvalue weighted by molar-refractivity contribution is -0.141. The third-order valence-electron chi connectivity index (χ3n) is 5.04. The summed E-state index contributed by atoms with van der Waals surface area (Å²) >= 11 is 18.0. The zero-order valence-corrected chi connectivity index (χ0v) is 18.5. The molecule has 1 aliphatic heterocycles. The van der Waals surface area contributed by atoms with E-state index in [1.165, 1.54) is 37.3 Å². The lowest BCUT2D eigenvalue weighted by Crippen LogP contribution is -2.46. The maximum absolute atomic E-state index is 13.1. The Labute approximate surface area is 195 Å². The molecule has 4 rings (SSSR count). The average Bonchev–Trinajstić information content (AvgIpc) is 2.88. The fraction of sp³-hybridized carbons (Fsp3) is 0.190. The standard InChI is InChI=1S/C21H13Cl3F3N3O2/c1-20(18(31)30(19(32)29-20)13-6-11(22)5-12(23)7-13)9-10-2-3-14-15(24)8-17(21(25,26)27)28-16(14)4-10/h2-8H,9H2,1H3,(H,29,32). The second kappa shape index (κ2) is 7.79. The number of imide groups is 1. The van der Waals surface area contributed by atoms with Crippen molar-refractivity contribution in [3.63, 3.8) is 0 Å². The summed E-state index contributed by atoms with van der Waals surface area (Å²) in [6.45, 7) is 1.52. The molecule has 0 bridgehead atoms. The SMILES string of the molecule is CC1(Cc2ccc3c(Cl)cc(C(F)(F)F)nc3c2)NC(=O)N(c2cc(Cl)cc(Cl)c2)C1=O. The Morgan fingerprint density at radius 3 is 2.31 bits per heavy atom. The molecule has 0 saturated carbocycles. The number of anilines is 1. The summed E-state index contributed by atoms with van der Waals surface area (Å²) in [5.41, 5.74) is -1.75. The number of pyridine rings is 1. The van der Waals surface area contributed by atoms with E-state index in [-0.39, 0.29) is 32.7 Å². The molecule has 11 heteroatoms. The highest BCUT2D eigenvalue weighted by molar-refractivity contribution is 6.36. The quantitative estimate of drug-likeness (QED) is 0.429. The summed E-state index contributed by atoms with van der Waals surface area (Å²) in [6, 6.07) is 8.98. The van der Waals surface area contributed by atoms with Crippen molar-refractivity contribution in [2.24, 2.45) is 0 Å². The highest BCUT2D eigenvalue weighted by Gasteiger charge is 2.48. The van der Waals surface area contributed by atoms with Gasteiger partial charge in [-0.2, -0.15) is 13.2 Å². The van der Waals surface area contributed by atoms with E-state index in [1.54, 1.807) is 6.07 Å². The first kappa shape index (κ1) is 22.6. The molecule has 1 unspecified atom stereocenters. The van der Waals surface area contributed by atoms with E-state index in [2.05, 4.69) is 10.3 Å². The van der Waals surface area contributed by atoms with Crippen molar-refractivity contribution < 1.29 is 22.8 Å². The molecule has 2 heterocycles. The third kappa shape index (κ3) is 4.10. The molecule has 1 saturated heterocycles. The van der Waals surface area contributed by atoms with Crippen LogP contribution < -0.4 is 10.2 Å². The summed E-state index contributed by atoms with van der Waals surface area (Å²) in [6.07, 6.45) is -4.65. The maximum Gasteiger partial charge on any atom is 0.433 e. The van der Waals surface area contributed by atoms with Crippen LogP contribution in [0, 0.1) is 0 Å². The van der Waals surface area contributed by atoms with Crippen LogP contribution in [0.4, 0.5) is 23.7 Å². The molecular weight excluding hydrogens is 490 g/mol. The molecular formula is C21H13Cl3F3N3O2. The highest BCUT2D eigenvalue weighted by Crippen LogP contribution is 2.35. The summed E-state index contributed by atoms with van der Waals surface area (Å²) in [4.78, 5) is 30.3. The molecule has 5 nitrogen and oxygen atoms in total. The molecule has 3 aromatic rings. The van der Waals surface area contributed by atoms with E-state index >= 15 is 0 Å². The van der Waals surface area contributed by atoms with Gasteiger partial charge in [-0.3, -0.25) is 4.79 Å². The number of nitrogens with zero attached hydrogens (tertiary/aromatic N) is 2. The van der Waals surface area contributed by atoms with E-state index in [4.69, 9.17) is 34.8 Å². The van der Waals surface area contributed by atoms with Gasteiger partial charge in [-0.05, 0) is 42.8 Å². The second-order valence-corrected chi connectivity index (χ2v) is 8.83. The van der Waals surface area contributed by atoms with Gasteiger partial charge in [0.2, 0.25) is 0 Å². The summed E-state index contributed by atoms with van der Waals surface area (Å²) in [5, 5.41) is 3.39. The van der Waals surface area contributed by atoms with Gasteiger partial charge in [0.25, 0.3) is 5.91 Å². The number of benzene rings is 2. The van der Waals surface area contributed by atoms with Gasteiger partial charge in [0, 0.05) is 21.9 Å². The van der Waals surface area contributed by atoms with Gasteiger partial charge in [0.05, 0.1) is 16.2 Å². The van der Waals surface area contributed by atoms with E-state index < -0.39 is 29.3 Å².